The SMILES string of the molecule is CN(C)CCC[C@](O)(c1ccc(F)cc1)c1ccc(C#N)cc1COC(=O)C1CCCCC1. The maximum atomic E-state index is 13.6. The van der Waals surface area contributed by atoms with E-state index in [-0.39, 0.29) is 24.3 Å². The van der Waals surface area contributed by atoms with E-state index in [9.17, 15) is 19.6 Å². The molecule has 6 heteroatoms. The van der Waals surface area contributed by atoms with Crippen molar-refractivity contribution in [3.05, 3.63) is 70.5 Å². The zero-order valence-electron chi connectivity index (χ0n) is 19.5. The van der Waals surface area contributed by atoms with E-state index in [1.807, 2.05) is 19.0 Å². The largest absolute Gasteiger partial charge is 0.461 e. The Labute approximate surface area is 195 Å². The molecule has 0 unspecified atom stereocenters. The first-order chi connectivity index (χ1) is 15.8. The molecule has 5 nitrogen and oxygen atoms in total. The van der Waals surface area contributed by atoms with E-state index in [0.717, 1.165) is 38.6 Å². The Morgan fingerprint density at radius 1 is 1.18 bits per heavy atom. The molecule has 1 N–H and O–H groups in total. The highest BCUT2D eigenvalue weighted by atomic mass is 19.1. The first kappa shape index (κ1) is 24.9. The average Bonchev–Trinajstić information content (AvgIpc) is 2.82. The molecule has 0 bridgehead atoms. The predicted molar refractivity (Wildman–Crippen MR) is 125 cm³/mol. The third-order valence-electron chi connectivity index (χ3n) is 6.45. The summed E-state index contributed by atoms with van der Waals surface area (Å²) in [6.45, 7) is 0.753. The van der Waals surface area contributed by atoms with Crippen LogP contribution in [0.25, 0.3) is 0 Å². The second-order valence-electron chi connectivity index (χ2n) is 9.20. The molecule has 0 radical (unpaired) electrons. The van der Waals surface area contributed by atoms with Crippen molar-refractivity contribution in [2.45, 2.75) is 57.2 Å². The van der Waals surface area contributed by atoms with Gasteiger partial charge in [-0.3, -0.25) is 4.79 Å². The third-order valence-corrected chi connectivity index (χ3v) is 6.45. The molecule has 2 aromatic carbocycles. The molecule has 1 aliphatic rings. The first-order valence-corrected chi connectivity index (χ1v) is 11.7. The van der Waals surface area contributed by atoms with E-state index in [0.29, 0.717) is 35.1 Å². The van der Waals surface area contributed by atoms with Gasteiger partial charge >= 0.3 is 5.97 Å². The number of carbonyl (C=O) groups is 1. The Bertz CT molecular complexity index is 978. The molecule has 2 aromatic rings. The van der Waals surface area contributed by atoms with Crippen LogP contribution in [0.5, 0.6) is 0 Å². The Morgan fingerprint density at radius 2 is 1.88 bits per heavy atom. The van der Waals surface area contributed by atoms with Crippen LogP contribution >= 0.6 is 0 Å². The van der Waals surface area contributed by atoms with Gasteiger partial charge in [0.05, 0.1) is 17.6 Å². The summed E-state index contributed by atoms with van der Waals surface area (Å²) < 4.78 is 19.3. The number of aliphatic hydroxyl groups is 1. The average molecular weight is 453 g/mol. The van der Waals surface area contributed by atoms with Crippen LogP contribution in [0, 0.1) is 23.1 Å². The number of carbonyl (C=O) groups excluding carboxylic acids is 1. The summed E-state index contributed by atoms with van der Waals surface area (Å²) in [6.07, 6.45) is 5.99. The number of hydrogen-bond donors (Lipinski definition) is 1. The van der Waals surface area contributed by atoms with Crippen LogP contribution in [0.15, 0.2) is 42.5 Å². The summed E-state index contributed by atoms with van der Waals surface area (Å²) in [5.41, 5.74) is 0.743. The van der Waals surface area contributed by atoms with Gasteiger partial charge in [-0.2, -0.15) is 5.26 Å². The number of benzene rings is 2. The molecular weight excluding hydrogens is 419 g/mol. The first-order valence-electron chi connectivity index (χ1n) is 11.7. The van der Waals surface area contributed by atoms with E-state index in [1.165, 1.54) is 12.1 Å². The van der Waals surface area contributed by atoms with E-state index in [1.54, 1.807) is 30.3 Å². The van der Waals surface area contributed by atoms with Crippen LogP contribution in [-0.2, 0) is 21.7 Å². The highest BCUT2D eigenvalue weighted by Crippen LogP contribution is 2.37. The zero-order valence-corrected chi connectivity index (χ0v) is 19.5. The van der Waals surface area contributed by atoms with Gasteiger partial charge in [0.2, 0.25) is 0 Å². The minimum atomic E-state index is -1.41. The summed E-state index contributed by atoms with van der Waals surface area (Å²) in [4.78, 5) is 14.7. The summed E-state index contributed by atoms with van der Waals surface area (Å²) in [7, 11) is 3.93. The topological polar surface area (TPSA) is 73.6 Å². The molecule has 3 rings (SSSR count). The highest BCUT2D eigenvalue weighted by molar-refractivity contribution is 5.72. The minimum absolute atomic E-state index is 0.0165. The number of hydrogen-bond acceptors (Lipinski definition) is 5. The number of halogens is 1. The molecule has 1 fully saturated rings. The minimum Gasteiger partial charge on any atom is -0.461 e. The number of ether oxygens (including phenoxy) is 1. The van der Waals surface area contributed by atoms with Crippen LogP contribution in [0.2, 0.25) is 0 Å². The van der Waals surface area contributed by atoms with Crippen molar-refractivity contribution < 1.29 is 19.0 Å². The van der Waals surface area contributed by atoms with Gasteiger partial charge in [-0.1, -0.05) is 37.5 Å². The number of nitrogens with zero attached hydrogens (tertiary/aromatic N) is 2. The Kier molecular flexibility index (Phi) is 8.60. The Morgan fingerprint density at radius 3 is 2.52 bits per heavy atom. The lowest BCUT2D eigenvalue weighted by molar-refractivity contribution is -0.151. The Balaban J connectivity index is 1.93. The maximum absolute atomic E-state index is 13.6. The highest BCUT2D eigenvalue weighted by Gasteiger charge is 2.34. The van der Waals surface area contributed by atoms with E-state index >= 15 is 0 Å². The van der Waals surface area contributed by atoms with Crippen molar-refractivity contribution >= 4 is 5.97 Å². The summed E-state index contributed by atoms with van der Waals surface area (Å²) in [5, 5.41) is 21.4. The second-order valence-corrected chi connectivity index (χ2v) is 9.20. The van der Waals surface area contributed by atoms with Crippen molar-refractivity contribution in [3.63, 3.8) is 0 Å². The van der Waals surface area contributed by atoms with Gasteiger partial charge in [-0.05, 0) is 87.3 Å². The van der Waals surface area contributed by atoms with Gasteiger partial charge in [-0.25, -0.2) is 4.39 Å². The molecule has 0 spiro atoms. The zero-order chi connectivity index (χ0) is 23.8. The quantitative estimate of drug-likeness (QED) is 0.548. The molecule has 1 aliphatic carbocycles. The van der Waals surface area contributed by atoms with Crippen molar-refractivity contribution in [3.8, 4) is 6.07 Å². The smallest absolute Gasteiger partial charge is 0.309 e. The van der Waals surface area contributed by atoms with Crippen molar-refractivity contribution in [2.75, 3.05) is 20.6 Å². The van der Waals surface area contributed by atoms with Gasteiger partial charge in [0.15, 0.2) is 0 Å². The normalized spacial score (nSPS) is 16.2. The lowest BCUT2D eigenvalue weighted by Gasteiger charge is -2.32. The van der Waals surface area contributed by atoms with Crippen molar-refractivity contribution in [1.29, 1.82) is 5.26 Å². The summed E-state index contributed by atoms with van der Waals surface area (Å²) >= 11 is 0. The van der Waals surface area contributed by atoms with Gasteiger partial charge in [0.25, 0.3) is 0 Å². The molecule has 0 aliphatic heterocycles. The molecule has 0 heterocycles. The number of esters is 1. The van der Waals surface area contributed by atoms with Crippen LogP contribution in [0.4, 0.5) is 4.39 Å². The number of nitriles is 1. The van der Waals surface area contributed by atoms with Gasteiger partial charge in [0.1, 0.15) is 18.0 Å². The fourth-order valence-electron chi connectivity index (χ4n) is 4.60. The summed E-state index contributed by atoms with van der Waals surface area (Å²) in [5.74, 6) is -0.686. The fourth-order valence-corrected chi connectivity index (χ4v) is 4.60. The molecule has 1 saturated carbocycles. The van der Waals surface area contributed by atoms with Crippen molar-refractivity contribution in [1.82, 2.24) is 4.90 Å². The third kappa shape index (κ3) is 6.40. The summed E-state index contributed by atoms with van der Waals surface area (Å²) in [6, 6.07) is 13.0. The maximum Gasteiger partial charge on any atom is 0.309 e. The number of rotatable bonds is 9. The van der Waals surface area contributed by atoms with Crippen LogP contribution in [0.1, 0.15) is 67.2 Å². The van der Waals surface area contributed by atoms with Gasteiger partial charge in [-0.15, -0.1) is 0 Å². The van der Waals surface area contributed by atoms with Crippen LogP contribution in [0.3, 0.4) is 0 Å². The molecule has 1 atom stereocenters. The monoisotopic (exact) mass is 452 g/mol. The molecular formula is C27H33FN2O3. The molecule has 0 saturated heterocycles. The molecule has 33 heavy (non-hydrogen) atoms. The standard InChI is InChI=1S/C27H33FN2O3/c1-30(2)16-6-15-27(32,23-10-12-24(28)13-11-23)25-14-9-20(18-29)17-22(25)19-33-26(31)21-7-4-3-5-8-21/h9-14,17,21,32H,3-8,15-16,19H2,1-2H3/t27-/m0/s1. The second kappa shape index (κ2) is 11.4. The predicted octanol–water partition coefficient (Wildman–Crippen LogP) is 4.90. The van der Waals surface area contributed by atoms with Crippen LogP contribution in [-0.4, -0.2) is 36.6 Å². The Hall–Kier alpha value is -2.75. The van der Waals surface area contributed by atoms with E-state index in [4.69, 9.17) is 4.74 Å². The van der Waals surface area contributed by atoms with Gasteiger partial charge in [0, 0.05) is 0 Å². The lowest BCUT2D eigenvalue weighted by atomic mass is 9.80. The van der Waals surface area contributed by atoms with Crippen LogP contribution < -0.4 is 0 Å². The fraction of sp³-hybridized carbons (Fsp3) is 0.481. The molecule has 0 amide bonds. The van der Waals surface area contributed by atoms with E-state index in [2.05, 4.69) is 6.07 Å². The van der Waals surface area contributed by atoms with Crippen molar-refractivity contribution in [2.24, 2.45) is 5.92 Å². The molecule has 176 valence electrons. The van der Waals surface area contributed by atoms with E-state index < -0.39 is 5.60 Å². The lowest BCUT2D eigenvalue weighted by Crippen LogP contribution is -2.31. The van der Waals surface area contributed by atoms with Gasteiger partial charge < -0.3 is 14.7 Å². The molecule has 0 aromatic heterocycles.